The van der Waals surface area contributed by atoms with Gasteiger partial charge < -0.3 is 9.47 Å². The molecule has 0 saturated heterocycles. The molecule has 0 radical (unpaired) electrons. The third-order valence-electron chi connectivity index (χ3n) is 4.54. The molecule has 1 N–H and O–H groups in total. The average Bonchev–Trinajstić information content (AvgIpc) is 3.16. The molecule has 9 heteroatoms. The molecule has 1 amide bonds. The predicted molar refractivity (Wildman–Crippen MR) is 112 cm³/mol. The molecule has 1 aliphatic heterocycles. The van der Waals surface area contributed by atoms with Crippen LogP contribution in [-0.4, -0.2) is 27.3 Å². The highest BCUT2D eigenvalue weighted by Gasteiger charge is 2.29. The van der Waals surface area contributed by atoms with Crippen LogP contribution in [0.25, 0.3) is 0 Å². The van der Waals surface area contributed by atoms with Gasteiger partial charge in [-0.25, -0.2) is 9.07 Å². The number of rotatable bonds is 6. The Morgan fingerprint density at radius 1 is 1.31 bits per heavy atom. The fourth-order valence-electron chi connectivity index (χ4n) is 3.21. The Hall–Kier alpha value is -2.69. The lowest BCUT2D eigenvalue weighted by atomic mass is 10.0. The van der Waals surface area contributed by atoms with Crippen molar-refractivity contribution in [3.8, 4) is 11.5 Å². The number of halogens is 2. The zero-order valence-corrected chi connectivity index (χ0v) is 17.7. The van der Waals surface area contributed by atoms with Crippen LogP contribution >= 0.6 is 22.6 Å². The first kappa shape index (κ1) is 19.6. The van der Waals surface area contributed by atoms with E-state index < -0.39 is 0 Å². The minimum Gasteiger partial charge on any atom is -0.490 e. The molecule has 1 aliphatic rings. The molecule has 0 bridgehead atoms. The molecular formula is C20H18FIN4O3. The topological polar surface area (TPSA) is 78.3 Å². The summed E-state index contributed by atoms with van der Waals surface area (Å²) in [7, 11) is 0. The fourth-order valence-corrected chi connectivity index (χ4v) is 3.99. The summed E-state index contributed by atoms with van der Waals surface area (Å²) in [6, 6.07) is 9.97. The van der Waals surface area contributed by atoms with E-state index in [9.17, 15) is 9.18 Å². The van der Waals surface area contributed by atoms with Crippen LogP contribution in [0.2, 0.25) is 0 Å². The number of ether oxygens (including phenoxy) is 2. The lowest BCUT2D eigenvalue weighted by molar-refractivity contribution is -0.117. The fraction of sp³-hybridized carbons (Fsp3) is 0.250. The van der Waals surface area contributed by atoms with Crippen LogP contribution in [0, 0.1) is 9.39 Å². The van der Waals surface area contributed by atoms with Crippen LogP contribution < -0.4 is 14.8 Å². The Balaban J connectivity index is 1.67. The maximum Gasteiger partial charge on any atom is 0.229 e. The second-order valence-electron chi connectivity index (χ2n) is 6.44. The molecule has 0 fully saturated rings. The van der Waals surface area contributed by atoms with Crippen molar-refractivity contribution in [1.82, 2.24) is 14.8 Å². The SMILES string of the molecule is CCOc1cc([C@H]2CC(=O)Nc3ncnn32)cc(I)c1OCc1ccccc1F. The number of carbonyl (C=O) groups excluding carboxylic acids is 1. The largest absolute Gasteiger partial charge is 0.490 e. The molecule has 0 aliphatic carbocycles. The van der Waals surface area contributed by atoms with Gasteiger partial charge in [0, 0.05) is 5.56 Å². The second-order valence-corrected chi connectivity index (χ2v) is 7.60. The van der Waals surface area contributed by atoms with Crippen molar-refractivity contribution in [2.75, 3.05) is 11.9 Å². The number of aromatic nitrogens is 3. The average molecular weight is 508 g/mol. The first-order valence-electron chi connectivity index (χ1n) is 9.08. The molecule has 29 heavy (non-hydrogen) atoms. The molecular weight excluding hydrogens is 490 g/mol. The molecule has 0 unspecified atom stereocenters. The number of hydrogen-bond acceptors (Lipinski definition) is 5. The standard InChI is InChI=1S/C20H18FIN4O3/c1-2-28-17-8-13(16-9-18(27)25-20-23-11-24-26(16)20)7-15(22)19(17)29-10-12-5-3-4-6-14(12)21/h3-8,11,16H,2,9-10H2,1H3,(H,23,24,25,27)/t16-/m1/s1. The summed E-state index contributed by atoms with van der Waals surface area (Å²) in [6.07, 6.45) is 1.65. The predicted octanol–water partition coefficient (Wildman–Crippen LogP) is 3.93. The quantitative estimate of drug-likeness (QED) is 0.511. The summed E-state index contributed by atoms with van der Waals surface area (Å²) in [5, 5.41) is 6.94. The highest BCUT2D eigenvalue weighted by atomic mass is 127. The van der Waals surface area contributed by atoms with E-state index in [4.69, 9.17) is 9.47 Å². The molecule has 0 saturated carbocycles. The zero-order valence-electron chi connectivity index (χ0n) is 15.6. The summed E-state index contributed by atoms with van der Waals surface area (Å²) >= 11 is 2.16. The summed E-state index contributed by atoms with van der Waals surface area (Å²) < 4.78 is 28.1. The van der Waals surface area contributed by atoms with Crippen LogP contribution in [0.5, 0.6) is 11.5 Å². The van der Waals surface area contributed by atoms with Gasteiger partial charge in [-0.15, -0.1) is 0 Å². The van der Waals surface area contributed by atoms with Gasteiger partial charge in [-0.3, -0.25) is 10.1 Å². The van der Waals surface area contributed by atoms with E-state index in [1.54, 1.807) is 22.9 Å². The molecule has 7 nitrogen and oxygen atoms in total. The van der Waals surface area contributed by atoms with Crippen molar-refractivity contribution in [1.29, 1.82) is 0 Å². The minimum atomic E-state index is -0.316. The number of anilines is 1. The monoisotopic (exact) mass is 508 g/mol. The molecule has 2 heterocycles. The van der Waals surface area contributed by atoms with E-state index in [2.05, 4.69) is 38.0 Å². The smallest absolute Gasteiger partial charge is 0.229 e. The molecule has 4 rings (SSSR count). The minimum absolute atomic E-state index is 0.0845. The van der Waals surface area contributed by atoms with Crippen molar-refractivity contribution < 1.29 is 18.7 Å². The van der Waals surface area contributed by atoms with Gasteiger partial charge in [0.05, 0.1) is 22.6 Å². The summed E-state index contributed by atoms with van der Waals surface area (Å²) in [5.74, 6) is 1.06. The maximum atomic E-state index is 13.9. The second kappa shape index (κ2) is 8.36. The highest BCUT2D eigenvalue weighted by molar-refractivity contribution is 14.1. The van der Waals surface area contributed by atoms with Crippen molar-refractivity contribution >= 4 is 34.4 Å². The zero-order chi connectivity index (χ0) is 20.4. The number of nitrogens with zero attached hydrogens (tertiary/aromatic N) is 3. The van der Waals surface area contributed by atoms with E-state index in [0.29, 0.717) is 29.6 Å². The van der Waals surface area contributed by atoms with Crippen molar-refractivity contribution in [3.05, 3.63) is 63.2 Å². The highest BCUT2D eigenvalue weighted by Crippen LogP contribution is 2.39. The normalized spacial score (nSPS) is 15.6. The number of nitrogens with one attached hydrogen (secondary N) is 1. The Bertz CT molecular complexity index is 1060. The molecule has 2 aromatic carbocycles. The van der Waals surface area contributed by atoms with Crippen molar-refractivity contribution in [2.24, 2.45) is 0 Å². The summed E-state index contributed by atoms with van der Waals surface area (Å²) in [5.41, 5.74) is 1.32. The van der Waals surface area contributed by atoms with Crippen LogP contribution in [0.1, 0.15) is 30.5 Å². The van der Waals surface area contributed by atoms with Gasteiger partial charge >= 0.3 is 0 Å². The van der Waals surface area contributed by atoms with Gasteiger partial charge in [0.2, 0.25) is 11.9 Å². The van der Waals surface area contributed by atoms with Crippen LogP contribution in [0.15, 0.2) is 42.7 Å². The van der Waals surface area contributed by atoms with Crippen LogP contribution in [-0.2, 0) is 11.4 Å². The Morgan fingerprint density at radius 3 is 2.93 bits per heavy atom. The Labute approximate surface area is 180 Å². The number of carbonyl (C=O) groups is 1. The molecule has 1 atom stereocenters. The number of amides is 1. The summed E-state index contributed by atoms with van der Waals surface area (Å²) in [6.45, 7) is 2.40. The van der Waals surface area contributed by atoms with E-state index in [1.165, 1.54) is 12.4 Å². The summed E-state index contributed by atoms with van der Waals surface area (Å²) in [4.78, 5) is 16.2. The van der Waals surface area contributed by atoms with Gasteiger partial charge in [0.25, 0.3) is 0 Å². The van der Waals surface area contributed by atoms with Gasteiger partial charge in [0.1, 0.15) is 18.8 Å². The van der Waals surface area contributed by atoms with Crippen LogP contribution in [0.4, 0.5) is 10.3 Å². The van der Waals surface area contributed by atoms with Gasteiger partial charge in [-0.05, 0) is 53.3 Å². The molecule has 0 spiro atoms. The first-order chi connectivity index (χ1) is 14.1. The van der Waals surface area contributed by atoms with Gasteiger partial charge in [-0.1, -0.05) is 18.2 Å². The van der Waals surface area contributed by atoms with Gasteiger partial charge in [0.15, 0.2) is 11.5 Å². The van der Waals surface area contributed by atoms with Crippen LogP contribution in [0.3, 0.4) is 0 Å². The Morgan fingerprint density at radius 2 is 2.14 bits per heavy atom. The van der Waals surface area contributed by atoms with Gasteiger partial charge in [-0.2, -0.15) is 10.1 Å². The molecule has 3 aromatic rings. The lowest BCUT2D eigenvalue weighted by Crippen LogP contribution is -2.29. The first-order valence-corrected chi connectivity index (χ1v) is 10.2. The van der Waals surface area contributed by atoms with Crippen molar-refractivity contribution in [3.63, 3.8) is 0 Å². The third kappa shape index (κ3) is 4.04. The van der Waals surface area contributed by atoms with Crippen molar-refractivity contribution in [2.45, 2.75) is 26.0 Å². The van der Waals surface area contributed by atoms with E-state index in [-0.39, 0.29) is 30.8 Å². The number of fused-ring (bicyclic) bond motifs is 1. The maximum absolute atomic E-state index is 13.9. The van der Waals surface area contributed by atoms with E-state index in [1.807, 2.05) is 19.1 Å². The van der Waals surface area contributed by atoms with E-state index in [0.717, 1.165) is 9.13 Å². The number of benzene rings is 2. The third-order valence-corrected chi connectivity index (χ3v) is 5.35. The molecule has 150 valence electrons. The Kier molecular flexibility index (Phi) is 5.65. The van der Waals surface area contributed by atoms with E-state index >= 15 is 0 Å². The molecule has 1 aromatic heterocycles. The number of hydrogen-bond donors (Lipinski definition) is 1. The lowest BCUT2D eigenvalue weighted by Gasteiger charge is -2.25.